The van der Waals surface area contributed by atoms with Crippen LogP contribution in [-0.2, 0) is 0 Å². The van der Waals surface area contributed by atoms with Crippen molar-refractivity contribution in [3.8, 4) is 0 Å². The van der Waals surface area contributed by atoms with E-state index in [4.69, 9.17) is 16.0 Å². The first kappa shape index (κ1) is 13.4. The third kappa shape index (κ3) is 2.46. The van der Waals surface area contributed by atoms with Gasteiger partial charge in [-0.25, -0.2) is 4.98 Å². The highest BCUT2D eigenvalue weighted by molar-refractivity contribution is 6.30. The van der Waals surface area contributed by atoms with Crippen LogP contribution < -0.4 is 0 Å². The molecule has 3 heteroatoms. The molecule has 0 amide bonds. The molecule has 0 aliphatic heterocycles. The average molecular weight is 308 g/mol. The topological polar surface area (TPSA) is 26.0 Å². The number of halogens is 1. The van der Waals surface area contributed by atoms with Gasteiger partial charge in [0.1, 0.15) is 5.52 Å². The molecule has 3 aromatic rings. The van der Waals surface area contributed by atoms with Crippen LogP contribution in [0.2, 0.25) is 5.02 Å². The number of allylic oxidation sites excluding steroid dienone is 4. The van der Waals surface area contributed by atoms with Crippen molar-refractivity contribution in [1.82, 2.24) is 4.98 Å². The summed E-state index contributed by atoms with van der Waals surface area (Å²) < 4.78 is 5.86. The van der Waals surface area contributed by atoms with Gasteiger partial charge in [0.15, 0.2) is 5.58 Å². The van der Waals surface area contributed by atoms with Crippen LogP contribution in [0, 0.1) is 0 Å². The van der Waals surface area contributed by atoms with E-state index in [1.54, 1.807) is 0 Å². The Morgan fingerprint density at radius 2 is 1.86 bits per heavy atom. The lowest BCUT2D eigenvalue weighted by Crippen LogP contribution is -1.98. The van der Waals surface area contributed by atoms with Gasteiger partial charge in [-0.3, -0.25) is 0 Å². The summed E-state index contributed by atoms with van der Waals surface area (Å²) in [5.41, 5.74) is 4.15. The number of fused-ring (bicyclic) bond motifs is 1. The number of rotatable bonds is 2. The maximum absolute atomic E-state index is 5.93. The highest BCUT2D eigenvalue weighted by Crippen LogP contribution is 2.32. The fraction of sp³-hybridized carbons (Fsp3) is 0.105. The van der Waals surface area contributed by atoms with Gasteiger partial charge in [0.2, 0.25) is 5.89 Å². The largest absolute Gasteiger partial charge is 0.440 e. The minimum atomic E-state index is 0.198. The van der Waals surface area contributed by atoms with Crippen LogP contribution >= 0.6 is 11.6 Å². The second kappa shape index (κ2) is 5.47. The number of hydrogen-bond acceptors (Lipinski definition) is 2. The first-order chi connectivity index (χ1) is 10.8. The molecule has 4 rings (SSSR count). The van der Waals surface area contributed by atoms with Crippen molar-refractivity contribution < 1.29 is 4.42 Å². The monoisotopic (exact) mass is 307 g/mol. The van der Waals surface area contributed by atoms with Crippen LogP contribution in [0.1, 0.15) is 23.8 Å². The van der Waals surface area contributed by atoms with Gasteiger partial charge in [-0.15, -0.1) is 0 Å². The lowest BCUT2D eigenvalue weighted by atomic mass is 9.93. The Labute approximate surface area is 133 Å². The molecule has 22 heavy (non-hydrogen) atoms. The predicted molar refractivity (Wildman–Crippen MR) is 89.9 cm³/mol. The van der Waals surface area contributed by atoms with Crippen LogP contribution in [0.15, 0.2) is 71.2 Å². The van der Waals surface area contributed by atoms with E-state index < -0.39 is 0 Å². The molecule has 0 fully saturated rings. The predicted octanol–water partition coefficient (Wildman–Crippen LogP) is 5.61. The highest BCUT2D eigenvalue weighted by Gasteiger charge is 2.17. The molecule has 2 aromatic carbocycles. The molecule has 0 saturated carbocycles. The SMILES string of the molecule is Clc1ccc(C2=CCC(c3nc4ccccc4o3)C=C2)cc1. The summed E-state index contributed by atoms with van der Waals surface area (Å²) in [6.45, 7) is 0. The summed E-state index contributed by atoms with van der Waals surface area (Å²) in [5, 5.41) is 0.758. The van der Waals surface area contributed by atoms with Crippen molar-refractivity contribution in [2.45, 2.75) is 12.3 Å². The summed E-state index contributed by atoms with van der Waals surface area (Å²) >= 11 is 5.93. The smallest absolute Gasteiger partial charge is 0.202 e. The molecule has 0 N–H and O–H groups in total. The van der Waals surface area contributed by atoms with Crippen molar-refractivity contribution in [1.29, 1.82) is 0 Å². The Hall–Kier alpha value is -2.32. The molecule has 1 aliphatic carbocycles. The Morgan fingerprint density at radius 1 is 1.05 bits per heavy atom. The third-order valence-corrected chi connectivity index (χ3v) is 4.16. The molecule has 0 radical (unpaired) electrons. The zero-order valence-electron chi connectivity index (χ0n) is 11.9. The third-order valence-electron chi connectivity index (χ3n) is 3.90. The summed E-state index contributed by atoms with van der Waals surface area (Å²) in [5.74, 6) is 0.979. The molecular weight excluding hydrogens is 294 g/mol. The summed E-state index contributed by atoms with van der Waals surface area (Å²) in [6.07, 6.45) is 7.41. The van der Waals surface area contributed by atoms with Gasteiger partial charge in [-0.05, 0) is 41.8 Å². The number of aromatic nitrogens is 1. The van der Waals surface area contributed by atoms with E-state index in [-0.39, 0.29) is 5.92 Å². The molecule has 0 bridgehead atoms. The van der Waals surface area contributed by atoms with Gasteiger partial charge in [0.05, 0.1) is 5.92 Å². The van der Waals surface area contributed by atoms with Crippen LogP contribution in [0.4, 0.5) is 0 Å². The Bertz CT molecular complexity index is 841. The molecule has 108 valence electrons. The van der Waals surface area contributed by atoms with Crippen LogP contribution in [-0.4, -0.2) is 4.98 Å². The average Bonchev–Trinajstić information content (AvgIpc) is 3.00. The fourth-order valence-corrected chi connectivity index (χ4v) is 2.83. The summed E-state index contributed by atoms with van der Waals surface area (Å²) in [6, 6.07) is 15.8. The zero-order chi connectivity index (χ0) is 14.9. The Morgan fingerprint density at radius 3 is 2.59 bits per heavy atom. The maximum Gasteiger partial charge on any atom is 0.202 e. The van der Waals surface area contributed by atoms with Crippen molar-refractivity contribution in [2.75, 3.05) is 0 Å². The molecule has 1 atom stereocenters. The van der Waals surface area contributed by atoms with Crippen molar-refractivity contribution in [3.63, 3.8) is 0 Å². The molecular formula is C19H14ClNO. The van der Waals surface area contributed by atoms with E-state index >= 15 is 0 Å². The zero-order valence-corrected chi connectivity index (χ0v) is 12.6. The summed E-state index contributed by atoms with van der Waals surface area (Å²) in [7, 11) is 0. The van der Waals surface area contributed by atoms with Gasteiger partial charge < -0.3 is 4.42 Å². The van der Waals surface area contributed by atoms with E-state index in [0.29, 0.717) is 0 Å². The molecule has 0 saturated heterocycles. The number of benzene rings is 2. The number of hydrogen-bond donors (Lipinski definition) is 0. The van der Waals surface area contributed by atoms with Crippen LogP contribution in [0.5, 0.6) is 0 Å². The second-order valence-corrected chi connectivity index (χ2v) is 5.82. The molecule has 0 spiro atoms. The Kier molecular flexibility index (Phi) is 3.32. The minimum absolute atomic E-state index is 0.198. The van der Waals surface area contributed by atoms with E-state index in [9.17, 15) is 0 Å². The van der Waals surface area contributed by atoms with Gasteiger partial charge in [0.25, 0.3) is 0 Å². The first-order valence-electron chi connectivity index (χ1n) is 7.29. The van der Waals surface area contributed by atoms with Crippen LogP contribution in [0.3, 0.4) is 0 Å². The Balaban J connectivity index is 1.58. The molecule has 2 nitrogen and oxygen atoms in total. The molecule has 1 aromatic heterocycles. The number of para-hydroxylation sites is 2. The molecule has 1 unspecified atom stereocenters. The van der Waals surface area contributed by atoms with E-state index in [2.05, 4.69) is 23.2 Å². The lowest BCUT2D eigenvalue weighted by molar-refractivity contribution is 0.505. The van der Waals surface area contributed by atoms with Gasteiger partial charge in [-0.2, -0.15) is 0 Å². The van der Waals surface area contributed by atoms with Crippen molar-refractivity contribution >= 4 is 28.3 Å². The molecule has 1 aliphatic rings. The number of oxazole rings is 1. The quantitative estimate of drug-likeness (QED) is 0.615. The highest BCUT2D eigenvalue weighted by atomic mass is 35.5. The standard InChI is InChI=1S/C19H14ClNO/c20-16-11-9-14(10-12-16)13-5-7-15(8-6-13)19-21-17-3-1-2-4-18(17)22-19/h1-7,9-12,15H,8H2. The van der Waals surface area contributed by atoms with E-state index in [1.165, 1.54) is 11.1 Å². The van der Waals surface area contributed by atoms with Crippen LogP contribution in [0.25, 0.3) is 16.7 Å². The maximum atomic E-state index is 5.93. The van der Waals surface area contributed by atoms with E-state index in [0.717, 1.165) is 28.4 Å². The first-order valence-corrected chi connectivity index (χ1v) is 7.67. The van der Waals surface area contributed by atoms with Gasteiger partial charge in [-0.1, -0.05) is 54.1 Å². The lowest BCUT2D eigenvalue weighted by Gasteiger charge is -2.13. The fourth-order valence-electron chi connectivity index (χ4n) is 2.71. The van der Waals surface area contributed by atoms with Gasteiger partial charge in [0, 0.05) is 5.02 Å². The normalized spacial score (nSPS) is 17.7. The van der Waals surface area contributed by atoms with Crippen molar-refractivity contribution in [3.05, 3.63) is 83.2 Å². The van der Waals surface area contributed by atoms with E-state index in [1.807, 2.05) is 48.5 Å². The van der Waals surface area contributed by atoms with Crippen molar-refractivity contribution in [2.24, 2.45) is 0 Å². The summed E-state index contributed by atoms with van der Waals surface area (Å²) in [4.78, 5) is 4.58. The minimum Gasteiger partial charge on any atom is -0.440 e. The number of nitrogens with zero attached hydrogens (tertiary/aromatic N) is 1. The van der Waals surface area contributed by atoms with Gasteiger partial charge >= 0.3 is 0 Å². The molecule has 1 heterocycles. The second-order valence-electron chi connectivity index (χ2n) is 5.39.